The minimum Gasteiger partial charge on any atom is -0.493 e. The van der Waals surface area contributed by atoms with Crippen LogP contribution in [0.5, 0.6) is 17.2 Å². The number of fused-ring (bicyclic) bond motifs is 2. The Morgan fingerprint density at radius 3 is 2.66 bits per heavy atom. The predicted octanol–water partition coefficient (Wildman–Crippen LogP) is 5.63. The summed E-state index contributed by atoms with van der Waals surface area (Å²) in [6.45, 7) is 2.73. The second-order valence-corrected chi connectivity index (χ2v) is 9.41. The molecular weight excluding hydrogens is 507 g/mol. The Labute approximate surface area is 224 Å². The first kappa shape index (κ1) is 25.5. The molecule has 0 radical (unpaired) electrons. The highest BCUT2D eigenvalue weighted by atomic mass is 32.1. The van der Waals surface area contributed by atoms with Crippen LogP contribution in [0.2, 0.25) is 0 Å². The van der Waals surface area contributed by atoms with Gasteiger partial charge in [-0.25, -0.2) is 9.18 Å². The van der Waals surface area contributed by atoms with Gasteiger partial charge in [-0.2, -0.15) is 0 Å². The highest BCUT2D eigenvalue weighted by molar-refractivity contribution is 7.80. The van der Waals surface area contributed by atoms with Crippen LogP contribution in [0.15, 0.2) is 69.9 Å². The van der Waals surface area contributed by atoms with Gasteiger partial charge in [0.2, 0.25) is 0 Å². The van der Waals surface area contributed by atoms with Gasteiger partial charge >= 0.3 is 5.63 Å². The number of rotatable bonds is 6. The summed E-state index contributed by atoms with van der Waals surface area (Å²) in [7, 11) is 3.20. The summed E-state index contributed by atoms with van der Waals surface area (Å²) < 4.78 is 36.5. The Morgan fingerprint density at radius 2 is 1.89 bits per heavy atom. The third-order valence-electron chi connectivity index (χ3n) is 6.67. The lowest BCUT2D eigenvalue weighted by Gasteiger charge is -2.39. The van der Waals surface area contributed by atoms with E-state index in [9.17, 15) is 9.18 Å². The van der Waals surface area contributed by atoms with Gasteiger partial charge in [0.25, 0.3) is 0 Å². The van der Waals surface area contributed by atoms with Gasteiger partial charge in [0.15, 0.2) is 16.6 Å². The number of hydrogen-bond donors (Lipinski definition) is 1. The molecule has 1 unspecified atom stereocenters. The van der Waals surface area contributed by atoms with Crippen molar-refractivity contribution in [1.82, 2.24) is 4.90 Å². The molecule has 0 amide bonds. The molecule has 9 heteroatoms. The smallest absolute Gasteiger partial charge is 0.336 e. The molecule has 0 bridgehead atoms. The molecular formula is C29H27FN2O5S. The van der Waals surface area contributed by atoms with Gasteiger partial charge < -0.3 is 28.8 Å². The topological polar surface area (TPSA) is 73.2 Å². The van der Waals surface area contributed by atoms with Crippen LogP contribution >= 0.6 is 12.2 Å². The zero-order chi connectivity index (χ0) is 26.8. The molecule has 0 saturated heterocycles. The molecule has 38 heavy (non-hydrogen) atoms. The van der Waals surface area contributed by atoms with Crippen molar-refractivity contribution in [2.45, 2.75) is 19.4 Å². The minimum atomic E-state index is -0.408. The highest BCUT2D eigenvalue weighted by Crippen LogP contribution is 2.39. The van der Waals surface area contributed by atoms with Crippen LogP contribution in [0.4, 0.5) is 10.1 Å². The zero-order valence-electron chi connectivity index (χ0n) is 21.2. The number of benzene rings is 3. The molecule has 0 saturated carbocycles. The monoisotopic (exact) mass is 534 g/mol. The van der Waals surface area contributed by atoms with E-state index in [1.165, 1.54) is 18.2 Å². The van der Waals surface area contributed by atoms with Crippen molar-refractivity contribution in [3.8, 4) is 17.2 Å². The molecule has 4 aromatic rings. The summed E-state index contributed by atoms with van der Waals surface area (Å²) in [6, 6.07) is 16.7. The Hall–Kier alpha value is -4.11. The molecule has 1 atom stereocenters. The average molecular weight is 535 g/mol. The molecule has 2 heterocycles. The van der Waals surface area contributed by atoms with Gasteiger partial charge in [-0.15, -0.1) is 0 Å². The van der Waals surface area contributed by atoms with Crippen molar-refractivity contribution in [2.24, 2.45) is 0 Å². The van der Waals surface area contributed by atoms with Crippen molar-refractivity contribution in [2.75, 3.05) is 32.7 Å². The van der Waals surface area contributed by atoms with Crippen LogP contribution in [0.25, 0.3) is 11.0 Å². The third-order valence-corrected chi connectivity index (χ3v) is 7.01. The number of anilines is 1. The number of halogens is 1. The molecule has 0 aliphatic carbocycles. The van der Waals surface area contributed by atoms with Gasteiger partial charge in [-0.3, -0.25) is 0 Å². The van der Waals surface area contributed by atoms with Crippen LogP contribution in [-0.4, -0.2) is 37.4 Å². The maximum Gasteiger partial charge on any atom is 0.336 e. The molecule has 7 nitrogen and oxygen atoms in total. The lowest BCUT2D eigenvalue weighted by atomic mass is 9.92. The molecule has 196 valence electrons. The van der Waals surface area contributed by atoms with Gasteiger partial charge in [-0.1, -0.05) is 6.07 Å². The molecule has 0 fully saturated rings. The number of hydrogen-bond acceptors (Lipinski definition) is 6. The zero-order valence-corrected chi connectivity index (χ0v) is 22.1. The van der Waals surface area contributed by atoms with Crippen molar-refractivity contribution in [3.63, 3.8) is 0 Å². The van der Waals surface area contributed by atoms with Crippen LogP contribution in [0, 0.1) is 12.7 Å². The highest BCUT2D eigenvalue weighted by Gasteiger charge is 2.31. The third kappa shape index (κ3) is 5.15. The summed E-state index contributed by atoms with van der Waals surface area (Å²) >= 11 is 5.77. The SMILES string of the molecule is COc1cc2c(cc1OC)C(COc1ccc3c(C)cc(=O)oc3c1)N(C(=S)Nc1cccc(F)c1)CC2. The first-order valence-electron chi connectivity index (χ1n) is 12.1. The molecule has 1 aliphatic rings. The largest absolute Gasteiger partial charge is 0.493 e. The Bertz CT molecular complexity index is 1570. The van der Waals surface area contributed by atoms with E-state index in [4.69, 9.17) is 30.8 Å². The predicted molar refractivity (Wildman–Crippen MR) is 148 cm³/mol. The summed E-state index contributed by atoms with van der Waals surface area (Å²) in [4.78, 5) is 13.9. The van der Waals surface area contributed by atoms with Gasteiger partial charge in [0.1, 0.15) is 23.8 Å². The van der Waals surface area contributed by atoms with Crippen molar-refractivity contribution >= 4 is 34.0 Å². The van der Waals surface area contributed by atoms with Gasteiger partial charge in [-0.05, 0) is 84.7 Å². The van der Waals surface area contributed by atoms with Crippen molar-refractivity contribution in [1.29, 1.82) is 0 Å². The lowest BCUT2D eigenvalue weighted by molar-refractivity contribution is 0.190. The summed E-state index contributed by atoms with van der Waals surface area (Å²) in [5, 5.41) is 4.45. The summed E-state index contributed by atoms with van der Waals surface area (Å²) in [5.41, 5.74) is 3.54. The van der Waals surface area contributed by atoms with Crippen LogP contribution in [-0.2, 0) is 6.42 Å². The molecule has 3 aromatic carbocycles. The molecule has 1 aliphatic heterocycles. The fourth-order valence-corrected chi connectivity index (χ4v) is 5.12. The van der Waals surface area contributed by atoms with E-state index in [1.807, 2.05) is 36.1 Å². The van der Waals surface area contributed by atoms with E-state index in [0.29, 0.717) is 40.2 Å². The van der Waals surface area contributed by atoms with Crippen molar-refractivity contribution in [3.05, 3.63) is 93.6 Å². The maximum absolute atomic E-state index is 13.8. The quantitative estimate of drug-likeness (QED) is 0.252. The van der Waals surface area contributed by atoms with Crippen LogP contribution in [0.3, 0.4) is 0 Å². The molecule has 1 aromatic heterocycles. The molecule has 5 rings (SSSR count). The lowest BCUT2D eigenvalue weighted by Crippen LogP contribution is -2.44. The normalized spacial score (nSPS) is 14.6. The number of ether oxygens (including phenoxy) is 3. The van der Waals surface area contributed by atoms with Crippen molar-refractivity contribution < 1.29 is 23.0 Å². The van der Waals surface area contributed by atoms with E-state index >= 15 is 0 Å². The summed E-state index contributed by atoms with van der Waals surface area (Å²) in [6.07, 6.45) is 0.720. The fourth-order valence-electron chi connectivity index (χ4n) is 4.78. The second-order valence-electron chi connectivity index (χ2n) is 9.02. The molecule has 1 N–H and O–H groups in total. The van der Waals surface area contributed by atoms with E-state index in [1.54, 1.807) is 32.4 Å². The standard InChI is InChI=1S/C29H27FN2O5S/c1-17-11-28(33)37-25-14-21(7-8-22(17)25)36-16-24-23-15-27(35-3)26(34-2)12-18(23)9-10-32(24)29(38)31-20-6-4-5-19(30)13-20/h4-8,11-15,24H,9-10,16H2,1-3H3,(H,31,38). The Kier molecular flexibility index (Phi) is 7.20. The number of thiocarbonyl (C=S) groups is 1. The number of methoxy groups -OCH3 is 2. The number of nitrogens with one attached hydrogen (secondary N) is 1. The fraction of sp³-hybridized carbons (Fsp3) is 0.241. The van der Waals surface area contributed by atoms with Crippen LogP contribution in [0.1, 0.15) is 22.7 Å². The number of aryl methyl sites for hydroxylation is 1. The number of nitrogens with zero attached hydrogens (tertiary/aromatic N) is 1. The maximum atomic E-state index is 13.8. The van der Waals surface area contributed by atoms with E-state index < -0.39 is 5.63 Å². The van der Waals surface area contributed by atoms with Crippen LogP contribution < -0.4 is 25.2 Å². The second kappa shape index (κ2) is 10.7. The van der Waals surface area contributed by atoms with Gasteiger partial charge in [0.05, 0.1) is 20.3 Å². The first-order valence-corrected chi connectivity index (χ1v) is 12.5. The molecule has 0 spiro atoms. The summed E-state index contributed by atoms with van der Waals surface area (Å²) in [5.74, 6) is 1.46. The minimum absolute atomic E-state index is 0.245. The van der Waals surface area contributed by atoms with E-state index in [0.717, 1.165) is 28.5 Å². The Balaban J connectivity index is 1.47. The van der Waals surface area contributed by atoms with E-state index in [2.05, 4.69) is 5.32 Å². The Morgan fingerprint density at radius 1 is 1.11 bits per heavy atom. The average Bonchev–Trinajstić information content (AvgIpc) is 2.90. The first-order chi connectivity index (χ1) is 18.4. The van der Waals surface area contributed by atoms with Gasteiger partial charge in [0, 0.05) is 29.8 Å². The van der Waals surface area contributed by atoms with E-state index in [-0.39, 0.29) is 18.5 Å².